The van der Waals surface area contributed by atoms with Gasteiger partial charge in [-0.3, -0.25) is 9.59 Å². The fourth-order valence-corrected chi connectivity index (χ4v) is 1.86. The lowest BCUT2D eigenvalue weighted by molar-refractivity contribution is -0.143. The minimum atomic E-state index is -1.35. The number of primary amides is 1. The third-order valence-corrected chi connectivity index (χ3v) is 2.82. The van der Waals surface area contributed by atoms with E-state index in [9.17, 15) is 14.4 Å². The summed E-state index contributed by atoms with van der Waals surface area (Å²) in [6.07, 6.45) is -0.625. The first-order valence-corrected chi connectivity index (χ1v) is 6.11. The summed E-state index contributed by atoms with van der Waals surface area (Å²) in [5.74, 6) is -2.72. The summed E-state index contributed by atoms with van der Waals surface area (Å²) in [6.45, 7) is 0. The Morgan fingerprint density at radius 2 is 2.05 bits per heavy atom. The number of rotatable bonds is 6. The van der Waals surface area contributed by atoms with Gasteiger partial charge in [0.1, 0.15) is 11.7 Å². The van der Waals surface area contributed by atoms with Crippen molar-refractivity contribution in [2.45, 2.75) is 18.9 Å². The molecule has 0 spiro atoms. The highest BCUT2D eigenvalue weighted by atomic mass is 16.5. The Morgan fingerprint density at radius 1 is 1.33 bits per heavy atom. The second-order valence-electron chi connectivity index (χ2n) is 4.43. The van der Waals surface area contributed by atoms with E-state index in [0.717, 1.165) is 0 Å². The summed E-state index contributed by atoms with van der Waals surface area (Å²) >= 11 is 0. The van der Waals surface area contributed by atoms with Crippen molar-refractivity contribution >= 4 is 28.8 Å². The van der Waals surface area contributed by atoms with Gasteiger partial charge in [-0.2, -0.15) is 0 Å². The van der Waals surface area contributed by atoms with Crippen molar-refractivity contribution < 1.29 is 24.0 Å². The Bertz CT molecular complexity index is 694. The number of fused-ring (bicyclic) bond motifs is 1. The number of nitrogens with zero attached hydrogens (tertiary/aromatic N) is 1. The van der Waals surface area contributed by atoms with Crippen molar-refractivity contribution in [2.24, 2.45) is 5.73 Å². The lowest BCUT2D eigenvalue weighted by Gasteiger charge is -2.12. The number of benzene rings is 1. The van der Waals surface area contributed by atoms with Crippen molar-refractivity contribution in [3.05, 3.63) is 30.0 Å². The van der Waals surface area contributed by atoms with Gasteiger partial charge in [-0.1, -0.05) is 17.3 Å². The molecule has 21 heavy (non-hydrogen) atoms. The minimum Gasteiger partial charge on any atom is -0.480 e. The lowest BCUT2D eigenvalue weighted by Crippen LogP contribution is -2.43. The molecule has 1 atom stereocenters. The van der Waals surface area contributed by atoms with E-state index in [1.165, 1.54) is 0 Å². The Morgan fingerprint density at radius 3 is 2.71 bits per heavy atom. The number of hydrogen-bond donors (Lipinski definition) is 3. The zero-order chi connectivity index (χ0) is 15.4. The molecule has 8 nitrogen and oxygen atoms in total. The number of hydrogen-bond acceptors (Lipinski definition) is 5. The van der Waals surface area contributed by atoms with Gasteiger partial charge in [0.2, 0.25) is 11.8 Å². The van der Waals surface area contributed by atoms with Crippen LogP contribution < -0.4 is 11.1 Å². The zero-order valence-electron chi connectivity index (χ0n) is 10.9. The van der Waals surface area contributed by atoms with Crippen LogP contribution in [-0.2, 0) is 20.8 Å². The van der Waals surface area contributed by atoms with Gasteiger partial charge in [0.05, 0.1) is 12.8 Å². The molecule has 110 valence electrons. The van der Waals surface area contributed by atoms with Crippen LogP contribution in [0.4, 0.5) is 0 Å². The van der Waals surface area contributed by atoms with Crippen LogP contribution in [0.3, 0.4) is 0 Å². The molecule has 0 aliphatic heterocycles. The maximum atomic E-state index is 11.8. The van der Waals surface area contributed by atoms with Crippen LogP contribution in [-0.4, -0.2) is 34.1 Å². The molecule has 0 saturated heterocycles. The highest BCUT2D eigenvalue weighted by Gasteiger charge is 2.23. The minimum absolute atomic E-state index is 0.153. The molecule has 4 N–H and O–H groups in total. The molecule has 1 aromatic heterocycles. The van der Waals surface area contributed by atoms with Gasteiger partial charge in [0, 0.05) is 5.39 Å². The van der Waals surface area contributed by atoms with Crippen LogP contribution in [0.15, 0.2) is 28.8 Å². The van der Waals surface area contributed by atoms with Gasteiger partial charge < -0.3 is 20.7 Å². The average Bonchev–Trinajstić information content (AvgIpc) is 2.81. The molecule has 0 saturated carbocycles. The van der Waals surface area contributed by atoms with E-state index < -0.39 is 30.2 Å². The Balaban J connectivity index is 2.07. The Hall–Kier alpha value is -2.90. The molecule has 1 aromatic carbocycles. The molecule has 8 heteroatoms. The molecule has 0 radical (unpaired) electrons. The highest BCUT2D eigenvalue weighted by molar-refractivity contribution is 5.90. The second kappa shape index (κ2) is 6.04. The van der Waals surface area contributed by atoms with Crippen molar-refractivity contribution in [3.8, 4) is 0 Å². The normalized spacial score (nSPS) is 12.0. The van der Waals surface area contributed by atoms with Crippen LogP contribution >= 0.6 is 0 Å². The van der Waals surface area contributed by atoms with E-state index in [2.05, 4.69) is 10.5 Å². The summed E-state index contributed by atoms with van der Waals surface area (Å²) in [7, 11) is 0. The van der Waals surface area contributed by atoms with Crippen molar-refractivity contribution in [3.63, 3.8) is 0 Å². The number of carbonyl (C=O) groups is 3. The third kappa shape index (κ3) is 3.56. The first kappa shape index (κ1) is 14.5. The van der Waals surface area contributed by atoms with E-state index in [4.69, 9.17) is 15.4 Å². The first-order chi connectivity index (χ1) is 9.97. The quantitative estimate of drug-likeness (QED) is 0.675. The number of aliphatic carboxylic acids is 1. The monoisotopic (exact) mass is 291 g/mol. The standard InChI is InChI=1S/C13H13N3O5/c14-11(17)5-9(13(19)20)15-12(18)6-8-7-3-1-2-4-10(7)21-16-8/h1-4,9H,5-6H2,(H2,14,17)(H,15,18)(H,19,20)/t9-/m0/s1. The van der Waals surface area contributed by atoms with Crippen LogP contribution in [0.1, 0.15) is 12.1 Å². The third-order valence-electron chi connectivity index (χ3n) is 2.82. The number of aromatic nitrogens is 1. The zero-order valence-corrected chi connectivity index (χ0v) is 10.9. The van der Waals surface area contributed by atoms with Crippen molar-refractivity contribution in [1.29, 1.82) is 0 Å². The van der Waals surface area contributed by atoms with Crippen LogP contribution in [0.5, 0.6) is 0 Å². The molecule has 2 aromatic rings. The molecule has 0 fully saturated rings. The van der Waals surface area contributed by atoms with Gasteiger partial charge in [0.25, 0.3) is 0 Å². The number of amides is 2. The van der Waals surface area contributed by atoms with Crippen LogP contribution in [0.25, 0.3) is 11.0 Å². The predicted octanol–water partition coefficient (Wildman–Crippen LogP) is -0.185. The van der Waals surface area contributed by atoms with Gasteiger partial charge in [-0.25, -0.2) is 4.79 Å². The topological polar surface area (TPSA) is 136 Å². The lowest BCUT2D eigenvalue weighted by atomic mass is 10.1. The second-order valence-corrected chi connectivity index (χ2v) is 4.43. The largest absolute Gasteiger partial charge is 0.480 e. The van der Waals surface area contributed by atoms with Crippen molar-refractivity contribution in [1.82, 2.24) is 10.5 Å². The van der Waals surface area contributed by atoms with Crippen molar-refractivity contribution in [2.75, 3.05) is 0 Å². The van der Waals surface area contributed by atoms with E-state index >= 15 is 0 Å². The summed E-state index contributed by atoms with van der Waals surface area (Å²) in [4.78, 5) is 33.5. The maximum absolute atomic E-state index is 11.8. The average molecular weight is 291 g/mol. The van der Waals surface area contributed by atoms with Gasteiger partial charge in [0.15, 0.2) is 5.58 Å². The van der Waals surface area contributed by atoms with E-state index in [0.29, 0.717) is 16.7 Å². The van der Waals surface area contributed by atoms with Crippen LogP contribution in [0.2, 0.25) is 0 Å². The fourth-order valence-electron chi connectivity index (χ4n) is 1.86. The molecule has 0 bridgehead atoms. The number of carboxylic acid groups (broad SMARTS) is 1. The number of carbonyl (C=O) groups excluding carboxylic acids is 2. The Kier molecular flexibility index (Phi) is 4.17. The first-order valence-electron chi connectivity index (χ1n) is 6.11. The molecule has 2 amide bonds. The smallest absolute Gasteiger partial charge is 0.326 e. The van der Waals surface area contributed by atoms with Gasteiger partial charge >= 0.3 is 5.97 Å². The molecule has 1 heterocycles. The molecule has 2 rings (SSSR count). The summed E-state index contributed by atoms with van der Waals surface area (Å²) in [5, 5.41) is 15.6. The van der Waals surface area contributed by atoms with Crippen LogP contribution in [0, 0.1) is 0 Å². The number of para-hydroxylation sites is 1. The number of nitrogens with two attached hydrogens (primary N) is 1. The predicted molar refractivity (Wildman–Crippen MR) is 71.1 cm³/mol. The molecular formula is C13H13N3O5. The molecule has 0 aliphatic carbocycles. The van der Waals surface area contributed by atoms with E-state index in [1.807, 2.05) is 0 Å². The molecule has 0 unspecified atom stereocenters. The maximum Gasteiger partial charge on any atom is 0.326 e. The number of nitrogens with one attached hydrogen (secondary N) is 1. The van der Waals surface area contributed by atoms with E-state index in [1.54, 1.807) is 24.3 Å². The summed E-state index contributed by atoms with van der Waals surface area (Å²) < 4.78 is 5.05. The molecular weight excluding hydrogens is 278 g/mol. The SMILES string of the molecule is NC(=O)C[C@H](NC(=O)Cc1noc2ccccc12)C(=O)O. The summed E-state index contributed by atoms with van der Waals surface area (Å²) in [5.41, 5.74) is 5.87. The fraction of sp³-hybridized carbons (Fsp3) is 0.231. The highest BCUT2D eigenvalue weighted by Crippen LogP contribution is 2.18. The Labute approximate surface area is 118 Å². The van der Waals surface area contributed by atoms with Gasteiger partial charge in [-0.15, -0.1) is 0 Å². The molecule has 0 aliphatic rings. The van der Waals surface area contributed by atoms with E-state index in [-0.39, 0.29) is 6.42 Å². The summed E-state index contributed by atoms with van der Waals surface area (Å²) in [6, 6.07) is 5.63. The van der Waals surface area contributed by atoms with Gasteiger partial charge in [-0.05, 0) is 12.1 Å². The number of carboxylic acids is 1.